The molecule has 1 aliphatic heterocycles. The maximum atomic E-state index is 10.7. The summed E-state index contributed by atoms with van der Waals surface area (Å²) in [6, 6.07) is 0. The van der Waals surface area contributed by atoms with Gasteiger partial charge in [0.25, 0.3) is 0 Å². The summed E-state index contributed by atoms with van der Waals surface area (Å²) in [7, 11) is 1.73. The Kier molecular flexibility index (Phi) is 3.27. The number of fused-ring (bicyclic) bond motifs is 2. The molecule has 0 aromatic rings. The van der Waals surface area contributed by atoms with E-state index in [1.165, 1.54) is 11.1 Å². The topological polar surface area (TPSA) is 38.7 Å². The van der Waals surface area contributed by atoms with E-state index >= 15 is 0 Å². The van der Waals surface area contributed by atoms with Gasteiger partial charge in [-0.25, -0.2) is 0 Å². The van der Waals surface area contributed by atoms with Crippen molar-refractivity contribution in [2.24, 2.45) is 23.2 Å². The summed E-state index contributed by atoms with van der Waals surface area (Å²) in [5.41, 5.74) is 2.91. The Bertz CT molecular complexity index is 399. The van der Waals surface area contributed by atoms with Gasteiger partial charge in [-0.2, -0.15) is 0 Å². The van der Waals surface area contributed by atoms with Crippen molar-refractivity contribution in [1.29, 1.82) is 0 Å². The number of aliphatic hydroxyl groups excluding tert-OH is 1. The highest BCUT2D eigenvalue weighted by molar-refractivity contribution is 5.31. The van der Waals surface area contributed by atoms with E-state index in [1.807, 2.05) is 0 Å². The second-order valence-electron chi connectivity index (χ2n) is 7.26. The first-order valence-corrected chi connectivity index (χ1v) is 7.50. The number of hydrogen-bond donors (Lipinski definition) is 1. The van der Waals surface area contributed by atoms with Crippen LogP contribution in [0.25, 0.3) is 0 Å². The van der Waals surface area contributed by atoms with Crippen LogP contribution in [0.2, 0.25) is 0 Å². The van der Waals surface area contributed by atoms with E-state index < -0.39 is 0 Å². The molecule has 3 rings (SSSR count). The third-order valence-electron chi connectivity index (χ3n) is 5.56. The van der Waals surface area contributed by atoms with Gasteiger partial charge in [0.05, 0.1) is 12.7 Å². The molecular weight excluding hydrogens is 240 g/mol. The van der Waals surface area contributed by atoms with Gasteiger partial charge in [-0.15, -0.1) is 0 Å². The van der Waals surface area contributed by atoms with Crippen LogP contribution in [-0.4, -0.2) is 31.2 Å². The molecule has 0 amide bonds. The third-order valence-corrected chi connectivity index (χ3v) is 5.56. The largest absolute Gasteiger partial charge is 0.392 e. The maximum absolute atomic E-state index is 10.7. The van der Waals surface area contributed by atoms with E-state index in [4.69, 9.17) is 9.47 Å². The molecule has 1 heterocycles. The van der Waals surface area contributed by atoms with Crippen LogP contribution in [0.4, 0.5) is 0 Å². The van der Waals surface area contributed by atoms with Crippen molar-refractivity contribution in [2.45, 2.75) is 52.4 Å². The predicted molar refractivity (Wildman–Crippen MR) is 73.6 cm³/mol. The molecule has 3 aliphatic rings. The van der Waals surface area contributed by atoms with Gasteiger partial charge >= 0.3 is 0 Å². The summed E-state index contributed by atoms with van der Waals surface area (Å²) in [5, 5.41) is 10.7. The van der Waals surface area contributed by atoms with Crippen LogP contribution in [-0.2, 0) is 9.47 Å². The van der Waals surface area contributed by atoms with Crippen molar-refractivity contribution in [2.75, 3.05) is 13.7 Å². The van der Waals surface area contributed by atoms with Crippen LogP contribution < -0.4 is 0 Å². The first-order valence-electron chi connectivity index (χ1n) is 7.50. The highest BCUT2D eigenvalue weighted by atomic mass is 16.7. The van der Waals surface area contributed by atoms with Crippen molar-refractivity contribution >= 4 is 0 Å². The van der Waals surface area contributed by atoms with Crippen LogP contribution in [0.5, 0.6) is 0 Å². The Balaban J connectivity index is 2.02. The molecule has 1 saturated heterocycles. The fourth-order valence-corrected chi connectivity index (χ4v) is 4.43. The fraction of sp³-hybridized carbons (Fsp3) is 0.875. The number of methoxy groups -OCH3 is 1. The summed E-state index contributed by atoms with van der Waals surface area (Å²) in [4.78, 5) is 0. The Morgan fingerprint density at radius 2 is 2.00 bits per heavy atom. The number of aliphatic hydroxyl groups is 1. The Hall–Kier alpha value is -0.380. The lowest BCUT2D eigenvalue weighted by Crippen LogP contribution is -2.31. The Morgan fingerprint density at radius 3 is 2.68 bits per heavy atom. The molecule has 1 saturated carbocycles. The second kappa shape index (κ2) is 4.57. The van der Waals surface area contributed by atoms with Crippen molar-refractivity contribution in [1.82, 2.24) is 0 Å². The van der Waals surface area contributed by atoms with Crippen molar-refractivity contribution in [3.63, 3.8) is 0 Å². The van der Waals surface area contributed by atoms with Crippen molar-refractivity contribution in [3.05, 3.63) is 11.1 Å². The summed E-state index contributed by atoms with van der Waals surface area (Å²) in [6.45, 7) is 7.36. The lowest BCUT2D eigenvalue weighted by Gasteiger charge is -2.28. The SMILES string of the molecule is COC1OCC2=C3CC(C)(C)C(O)C3C(C)CCC21. The molecule has 0 radical (unpaired) electrons. The minimum Gasteiger partial charge on any atom is -0.392 e. The summed E-state index contributed by atoms with van der Waals surface area (Å²) < 4.78 is 11.3. The Morgan fingerprint density at radius 1 is 1.26 bits per heavy atom. The summed E-state index contributed by atoms with van der Waals surface area (Å²) >= 11 is 0. The van der Waals surface area contributed by atoms with Crippen LogP contribution in [0.1, 0.15) is 40.0 Å². The number of ether oxygens (including phenoxy) is 2. The van der Waals surface area contributed by atoms with E-state index in [1.54, 1.807) is 7.11 Å². The maximum Gasteiger partial charge on any atom is 0.164 e. The molecule has 3 heteroatoms. The van der Waals surface area contributed by atoms with Crippen molar-refractivity contribution < 1.29 is 14.6 Å². The average Bonchev–Trinajstić information content (AvgIpc) is 2.82. The van der Waals surface area contributed by atoms with Crippen LogP contribution in [0, 0.1) is 23.2 Å². The van der Waals surface area contributed by atoms with Crippen LogP contribution >= 0.6 is 0 Å². The molecule has 3 nitrogen and oxygen atoms in total. The third kappa shape index (κ3) is 1.98. The monoisotopic (exact) mass is 266 g/mol. The van der Waals surface area contributed by atoms with Gasteiger partial charge in [0.1, 0.15) is 0 Å². The minimum atomic E-state index is -0.217. The molecule has 108 valence electrons. The molecule has 19 heavy (non-hydrogen) atoms. The number of hydrogen-bond acceptors (Lipinski definition) is 3. The first-order chi connectivity index (χ1) is 8.95. The smallest absolute Gasteiger partial charge is 0.164 e. The lowest BCUT2D eigenvalue weighted by molar-refractivity contribution is -0.111. The van der Waals surface area contributed by atoms with Gasteiger partial charge in [0, 0.05) is 18.9 Å². The van der Waals surface area contributed by atoms with E-state index in [9.17, 15) is 5.11 Å². The molecule has 1 N–H and O–H groups in total. The normalized spacial score (nSPS) is 45.0. The molecule has 5 unspecified atom stereocenters. The van der Waals surface area contributed by atoms with Gasteiger partial charge < -0.3 is 14.6 Å². The average molecular weight is 266 g/mol. The van der Waals surface area contributed by atoms with E-state index in [0.29, 0.717) is 24.4 Å². The van der Waals surface area contributed by atoms with E-state index in [2.05, 4.69) is 20.8 Å². The highest BCUT2D eigenvalue weighted by Crippen LogP contribution is 2.54. The molecule has 0 spiro atoms. The Labute approximate surface area is 116 Å². The lowest BCUT2D eigenvalue weighted by atomic mass is 9.81. The zero-order valence-electron chi connectivity index (χ0n) is 12.5. The predicted octanol–water partition coefficient (Wildman–Crippen LogP) is 2.74. The molecule has 2 fully saturated rings. The van der Waals surface area contributed by atoms with Crippen LogP contribution in [0.15, 0.2) is 11.1 Å². The number of rotatable bonds is 1. The minimum absolute atomic E-state index is 0.00565. The van der Waals surface area contributed by atoms with Gasteiger partial charge in [0.15, 0.2) is 6.29 Å². The van der Waals surface area contributed by atoms with E-state index in [0.717, 1.165) is 19.3 Å². The summed E-state index contributed by atoms with van der Waals surface area (Å²) in [5.74, 6) is 1.30. The molecule has 2 aliphatic carbocycles. The molecule has 0 aromatic carbocycles. The first kappa shape index (κ1) is 13.6. The van der Waals surface area contributed by atoms with Gasteiger partial charge in [0.2, 0.25) is 0 Å². The van der Waals surface area contributed by atoms with Gasteiger partial charge in [-0.3, -0.25) is 0 Å². The van der Waals surface area contributed by atoms with Gasteiger partial charge in [-0.05, 0) is 36.2 Å². The quantitative estimate of drug-likeness (QED) is 0.742. The molecule has 0 bridgehead atoms. The zero-order chi connectivity index (χ0) is 13.8. The standard InChI is InChI=1S/C16H26O3/c1-9-5-6-10-12(8-19-15(10)18-4)11-7-16(2,3)14(17)13(9)11/h9-10,13-15,17H,5-8H2,1-4H3. The summed E-state index contributed by atoms with van der Waals surface area (Å²) in [6.07, 6.45) is 3.00. The highest BCUT2D eigenvalue weighted by Gasteiger charge is 2.50. The molecule has 0 aromatic heterocycles. The zero-order valence-corrected chi connectivity index (χ0v) is 12.5. The molecule has 5 atom stereocenters. The second-order valence-corrected chi connectivity index (χ2v) is 7.26. The van der Waals surface area contributed by atoms with Crippen LogP contribution in [0.3, 0.4) is 0 Å². The van der Waals surface area contributed by atoms with E-state index in [-0.39, 0.29) is 17.8 Å². The van der Waals surface area contributed by atoms with Crippen molar-refractivity contribution in [3.8, 4) is 0 Å². The van der Waals surface area contributed by atoms with Gasteiger partial charge in [-0.1, -0.05) is 26.3 Å². The molecular formula is C16H26O3. The fourth-order valence-electron chi connectivity index (χ4n) is 4.43.